The summed E-state index contributed by atoms with van der Waals surface area (Å²) in [5.74, 6) is 0.107. The molecule has 0 atom stereocenters. The predicted octanol–water partition coefficient (Wildman–Crippen LogP) is 4.79. The first kappa shape index (κ1) is 19.4. The van der Waals surface area contributed by atoms with Gasteiger partial charge in [-0.25, -0.2) is 0 Å². The maximum atomic E-state index is 12.4. The molecule has 0 aliphatic heterocycles. The van der Waals surface area contributed by atoms with Gasteiger partial charge in [0.1, 0.15) is 0 Å². The molecule has 8 heteroatoms. The molecule has 2 aromatic heterocycles. The molecule has 1 amide bonds. The first-order valence-corrected chi connectivity index (χ1v) is 10.3. The number of anilines is 1. The number of nitrogens with one attached hydrogen (secondary N) is 1. The topological polar surface area (TPSA) is 72.2 Å². The lowest BCUT2D eigenvalue weighted by Gasteiger charge is -2.09. The number of fused-ring (bicyclic) bond motifs is 1. The summed E-state index contributed by atoms with van der Waals surface area (Å²) in [5, 5.41) is 17.1. The molecule has 0 spiro atoms. The summed E-state index contributed by atoms with van der Waals surface area (Å²) >= 11 is 7.26. The van der Waals surface area contributed by atoms with E-state index >= 15 is 0 Å². The molecule has 4 rings (SSSR count). The van der Waals surface area contributed by atoms with Crippen molar-refractivity contribution >= 4 is 40.6 Å². The Labute approximate surface area is 177 Å². The lowest BCUT2D eigenvalue weighted by Crippen LogP contribution is -2.15. The molecule has 0 bridgehead atoms. The first-order chi connectivity index (χ1) is 14.0. The van der Waals surface area contributed by atoms with Crippen molar-refractivity contribution in [1.82, 2.24) is 19.8 Å². The van der Waals surface area contributed by atoms with Gasteiger partial charge in [-0.3, -0.25) is 4.79 Å². The van der Waals surface area contributed by atoms with Crippen molar-refractivity contribution in [3.8, 4) is 11.3 Å². The SMILES string of the molecule is Cc1cccc(NC(=O)CSc2nnc3ccc(-c4ccc(Cl)cc4)nn23)c1C. The van der Waals surface area contributed by atoms with E-state index in [1.54, 1.807) is 4.52 Å². The number of benzene rings is 2. The van der Waals surface area contributed by atoms with Crippen LogP contribution in [0, 0.1) is 13.8 Å². The molecule has 146 valence electrons. The summed E-state index contributed by atoms with van der Waals surface area (Å²) < 4.78 is 1.65. The summed E-state index contributed by atoms with van der Waals surface area (Å²) in [6, 6.07) is 17.0. The van der Waals surface area contributed by atoms with Gasteiger partial charge in [0.15, 0.2) is 5.65 Å². The number of thioether (sulfide) groups is 1. The van der Waals surface area contributed by atoms with E-state index in [0.717, 1.165) is 28.1 Å². The van der Waals surface area contributed by atoms with Crippen LogP contribution in [0.2, 0.25) is 5.02 Å². The average molecular weight is 424 g/mol. The van der Waals surface area contributed by atoms with Gasteiger partial charge in [0.2, 0.25) is 11.1 Å². The fourth-order valence-corrected chi connectivity index (χ4v) is 3.65. The minimum Gasteiger partial charge on any atom is -0.325 e. The van der Waals surface area contributed by atoms with Gasteiger partial charge in [0, 0.05) is 16.3 Å². The van der Waals surface area contributed by atoms with Gasteiger partial charge in [0.25, 0.3) is 0 Å². The normalized spacial score (nSPS) is 11.0. The van der Waals surface area contributed by atoms with Crippen molar-refractivity contribution in [1.29, 1.82) is 0 Å². The molecule has 2 heterocycles. The highest BCUT2D eigenvalue weighted by atomic mass is 35.5. The van der Waals surface area contributed by atoms with Crippen molar-refractivity contribution in [2.24, 2.45) is 0 Å². The number of aromatic nitrogens is 4. The van der Waals surface area contributed by atoms with Crippen LogP contribution in [0.1, 0.15) is 11.1 Å². The van der Waals surface area contributed by atoms with Crippen LogP contribution in [0.3, 0.4) is 0 Å². The van der Waals surface area contributed by atoms with Crippen LogP contribution in [-0.4, -0.2) is 31.5 Å². The Hall–Kier alpha value is -2.90. The lowest BCUT2D eigenvalue weighted by atomic mass is 10.1. The second-order valence-corrected chi connectivity index (χ2v) is 7.94. The van der Waals surface area contributed by atoms with Crippen molar-refractivity contribution in [3.05, 3.63) is 70.7 Å². The van der Waals surface area contributed by atoms with Crippen molar-refractivity contribution in [2.75, 3.05) is 11.1 Å². The smallest absolute Gasteiger partial charge is 0.234 e. The molecular weight excluding hydrogens is 406 g/mol. The number of aryl methyl sites for hydroxylation is 1. The van der Waals surface area contributed by atoms with E-state index in [-0.39, 0.29) is 11.7 Å². The number of hydrogen-bond donors (Lipinski definition) is 1. The average Bonchev–Trinajstić information content (AvgIpc) is 3.13. The molecular formula is C21H18ClN5OS. The zero-order valence-electron chi connectivity index (χ0n) is 15.9. The highest BCUT2D eigenvalue weighted by molar-refractivity contribution is 7.99. The zero-order valence-corrected chi connectivity index (χ0v) is 17.5. The molecule has 0 radical (unpaired) electrons. The number of amides is 1. The van der Waals surface area contributed by atoms with Crippen LogP contribution in [0.4, 0.5) is 5.69 Å². The third-order valence-electron chi connectivity index (χ3n) is 4.59. The summed E-state index contributed by atoms with van der Waals surface area (Å²) in [6.45, 7) is 4.01. The van der Waals surface area contributed by atoms with E-state index in [1.807, 2.05) is 68.4 Å². The fraction of sp³-hybridized carbons (Fsp3) is 0.143. The second-order valence-electron chi connectivity index (χ2n) is 6.56. The van der Waals surface area contributed by atoms with Crippen LogP contribution in [-0.2, 0) is 4.79 Å². The highest BCUT2D eigenvalue weighted by Crippen LogP contribution is 2.23. The maximum Gasteiger partial charge on any atom is 0.234 e. The Kier molecular flexibility index (Phi) is 5.51. The Morgan fingerprint density at radius 1 is 1.07 bits per heavy atom. The minimum absolute atomic E-state index is 0.102. The van der Waals surface area contributed by atoms with Gasteiger partial charge in [-0.05, 0) is 55.3 Å². The van der Waals surface area contributed by atoms with Gasteiger partial charge >= 0.3 is 0 Å². The van der Waals surface area contributed by atoms with Gasteiger partial charge < -0.3 is 5.32 Å². The van der Waals surface area contributed by atoms with Gasteiger partial charge in [-0.1, -0.05) is 47.6 Å². The summed E-state index contributed by atoms with van der Waals surface area (Å²) in [5.41, 5.74) is 5.36. The molecule has 0 saturated carbocycles. The van der Waals surface area contributed by atoms with E-state index in [9.17, 15) is 4.79 Å². The van der Waals surface area contributed by atoms with E-state index in [0.29, 0.717) is 15.8 Å². The molecule has 0 fully saturated rings. The van der Waals surface area contributed by atoms with E-state index < -0.39 is 0 Å². The number of nitrogens with zero attached hydrogens (tertiary/aromatic N) is 4. The molecule has 0 aliphatic carbocycles. The molecule has 0 unspecified atom stereocenters. The van der Waals surface area contributed by atoms with Crippen molar-refractivity contribution < 1.29 is 4.79 Å². The van der Waals surface area contributed by atoms with Crippen LogP contribution in [0.25, 0.3) is 16.9 Å². The monoisotopic (exact) mass is 423 g/mol. The molecule has 2 aromatic carbocycles. The number of hydrogen-bond acceptors (Lipinski definition) is 5. The Balaban J connectivity index is 1.50. The standard InChI is InChI=1S/C21H18ClN5OS/c1-13-4-3-5-17(14(13)2)23-20(28)12-29-21-25-24-19-11-10-18(26-27(19)21)15-6-8-16(22)9-7-15/h3-11H,12H2,1-2H3,(H,23,28). The summed E-state index contributed by atoms with van der Waals surface area (Å²) in [7, 11) is 0. The molecule has 6 nitrogen and oxygen atoms in total. The van der Waals surface area contributed by atoms with Crippen LogP contribution in [0.15, 0.2) is 59.8 Å². The quantitative estimate of drug-likeness (QED) is 0.467. The van der Waals surface area contributed by atoms with Crippen LogP contribution in [0.5, 0.6) is 0 Å². The highest BCUT2D eigenvalue weighted by Gasteiger charge is 2.12. The molecule has 0 saturated heterocycles. The largest absolute Gasteiger partial charge is 0.325 e. The fourth-order valence-electron chi connectivity index (χ4n) is 2.84. The summed E-state index contributed by atoms with van der Waals surface area (Å²) in [6.07, 6.45) is 0. The third kappa shape index (κ3) is 4.26. The van der Waals surface area contributed by atoms with Gasteiger partial charge in [-0.2, -0.15) is 9.61 Å². The number of carbonyl (C=O) groups is 1. The maximum absolute atomic E-state index is 12.4. The molecule has 4 aromatic rings. The molecule has 0 aliphatic rings. The predicted molar refractivity (Wildman–Crippen MR) is 116 cm³/mol. The number of rotatable bonds is 5. The van der Waals surface area contributed by atoms with E-state index in [1.165, 1.54) is 11.8 Å². The van der Waals surface area contributed by atoms with Crippen LogP contribution < -0.4 is 5.32 Å². The van der Waals surface area contributed by atoms with E-state index in [2.05, 4.69) is 20.6 Å². The minimum atomic E-state index is -0.102. The lowest BCUT2D eigenvalue weighted by molar-refractivity contribution is -0.113. The van der Waals surface area contributed by atoms with Crippen molar-refractivity contribution in [3.63, 3.8) is 0 Å². The molecule has 1 N–H and O–H groups in total. The Morgan fingerprint density at radius 3 is 2.66 bits per heavy atom. The third-order valence-corrected chi connectivity index (χ3v) is 5.76. The Bertz CT molecular complexity index is 1190. The summed E-state index contributed by atoms with van der Waals surface area (Å²) in [4.78, 5) is 12.4. The van der Waals surface area contributed by atoms with Crippen LogP contribution >= 0.6 is 23.4 Å². The van der Waals surface area contributed by atoms with Gasteiger partial charge in [0.05, 0.1) is 11.4 Å². The van der Waals surface area contributed by atoms with Gasteiger partial charge in [-0.15, -0.1) is 10.2 Å². The number of carbonyl (C=O) groups excluding carboxylic acids is 1. The van der Waals surface area contributed by atoms with Crippen molar-refractivity contribution in [2.45, 2.75) is 19.0 Å². The second kappa shape index (κ2) is 8.23. The number of halogens is 1. The zero-order chi connectivity index (χ0) is 20.4. The first-order valence-electron chi connectivity index (χ1n) is 8.98. The van der Waals surface area contributed by atoms with E-state index in [4.69, 9.17) is 11.6 Å². The molecule has 29 heavy (non-hydrogen) atoms. The Morgan fingerprint density at radius 2 is 1.86 bits per heavy atom.